The summed E-state index contributed by atoms with van der Waals surface area (Å²) < 4.78 is 0. The van der Waals surface area contributed by atoms with Gasteiger partial charge in [-0.05, 0) is 36.1 Å². The maximum Gasteiger partial charge on any atom is 0.115 e. The van der Waals surface area contributed by atoms with Gasteiger partial charge in [-0.2, -0.15) is 0 Å². The van der Waals surface area contributed by atoms with E-state index in [0.29, 0.717) is 11.2 Å². The van der Waals surface area contributed by atoms with Crippen molar-refractivity contribution >= 4 is 12.4 Å². The Morgan fingerprint density at radius 2 is 1.86 bits per heavy atom. The summed E-state index contributed by atoms with van der Waals surface area (Å²) in [5.74, 6) is 0.406. The van der Waals surface area contributed by atoms with Gasteiger partial charge in [0, 0.05) is 18.5 Å². The third-order valence-electron chi connectivity index (χ3n) is 3.32. The molecule has 1 aliphatic heterocycles. The van der Waals surface area contributed by atoms with Crippen LogP contribution in [0, 0.1) is 5.41 Å². The molecule has 0 atom stereocenters. The molecule has 1 heterocycles. The van der Waals surface area contributed by atoms with Crippen LogP contribution >= 0.6 is 12.4 Å². The highest BCUT2D eigenvalue weighted by Gasteiger charge is 2.41. The first-order valence-electron chi connectivity index (χ1n) is 4.79. The average molecular weight is 212 g/mol. The lowest BCUT2D eigenvalue weighted by molar-refractivity contribution is 0.183. The number of rotatable bonds is 0. The van der Waals surface area contributed by atoms with Crippen LogP contribution in [0.15, 0.2) is 18.2 Å². The van der Waals surface area contributed by atoms with Crippen molar-refractivity contribution in [2.75, 3.05) is 13.1 Å². The summed E-state index contributed by atoms with van der Waals surface area (Å²) >= 11 is 0. The number of halogens is 1. The minimum atomic E-state index is 0. The minimum absolute atomic E-state index is 0. The first kappa shape index (κ1) is 9.81. The summed E-state index contributed by atoms with van der Waals surface area (Å²) in [7, 11) is 0. The molecule has 0 saturated carbocycles. The zero-order valence-corrected chi connectivity index (χ0v) is 8.73. The van der Waals surface area contributed by atoms with Gasteiger partial charge in [0.2, 0.25) is 0 Å². The molecular weight excluding hydrogens is 198 g/mol. The molecule has 0 radical (unpaired) electrons. The molecule has 1 spiro atoms. The van der Waals surface area contributed by atoms with Crippen LogP contribution in [0.25, 0.3) is 0 Å². The molecular formula is C11H14ClNO. The largest absolute Gasteiger partial charge is 0.508 e. The fourth-order valence-electron chi connectivity index (χ4n) is 2.55. The normalized spacial score (nSPS) is 21.1. The Labute approximate surface area is 89.7 Å². The molecule has 14 heavy (non-hydrogen) atoms. The molecule has 2 N–H and O–H groups in total. The lowest BCUT2D eigenvalue weighted by Gasteiger charge is -2.39. The average Bonchev–Trinajstić information content (AvgIpc) is 2.41. The molecule has 1 aromatic rings. The molecule has 3 rings (SSSR count). The van der Waals surface area contributed by atoms with Crippen LogP contribution in [-0.4, -0.2) is 18.2 Å². The van der Waals surface area contributed by atoms with Crippen molar-refractivity contribution in [1.82, 2.24) is 5.32 Å². The molecule has 0 amide bonds. The van der Waals surface area contributed by atoms with Crippen molar-refractivity contribution in [2.24, 2.45) is 5.41 Å². The van der Waals surface area contributed by atoms with E-state index >= 15 is 0 Å². The number of fused-ring (bicyclic) bond motifs is 1. The second kappa shape index (κ2) is 3.14. The van der Waals surface area contributed by atoms with Crippen molar-refractivity contribution in [3.8, 4) is 5.75 Å². The van der Waals surface area contributed by atoms with Gasteiger partial charge in [0.25, 0.3) is 0 Å². The Kier molecular flexibility index (Phi) is 2.20. The molecule has 0 aromatic heterocycles. The van der Waals surface area contributed by atoms with Gasteiger partial charge < -0.3 is 10.4 Å². The van der Waals surface area contributed by atoms with E-state index in [1.165, 1.54) is 17.5 Å². The summed E-state index contributed by atoms with van der Waals surface area (Å²) in [6, 6.07) is 5.78. The van der Waals surface area contributed by atoms with Crippen molar-refractivity contribution < 1.29 is 5.11 Å². The molecule has 1 saturated heterocycles. The monoisotopic (exact) mass is 211 g/mol. The Bertz CT molecular complexity index is 360. The fraction of sp³-hybridized carbons (Fsp3) is 0.455. The van der Waals surface area contributed by atoms with Gasteiger partial charge in [0.1, 0.15) is 5.75 Å². The maximum absolute atomic E-state index is 9.34. The van der Waals surface area contributed by atoms with Crippen molar-refractivity contribution in [1.29, 1.82) is 0 Å². The van der Waals surface area contributed by atoms with Crippen LogP contribution in [-0.2, 0) is 12.8 Å². The van der Waals surface area contributed by atoms with Crippen LogP contribution in [0.4, 0.5) is 0 Å². The smallest absolute Gasteiger partial charge is 0.115 e. The molecule has 0 unspecified atom stereocenters. The maximum atomic E-state index is 9.34. The van der Waals surface area contributed by atoms with E-state index in [1.54, 1.807) is 6.07 Å². The van der Waals surface area contributed by atoms with Gasteiger partial charge in [-0.25, -0.2) is 0 Å². The van der Waals surface area contributed by atoms with E-state index < -0.39 is 0 Å². The van der Waals surface area contributed by atoms with Crippen molar-refractivity contribution in [3.63, 3.8) is 0 Å². The zero-order chi connectivity index (χ0) is 8.89. The summed E-state index contributed by atoms with van der Waals surface area (Å²) in [6.45, 7) is 2.28. The topological polar surface area (TPSA) is 32.3 Å². The van der Waals surface area contributed by atoms with Gasteiger partial charge in [0.15, 0.2) is 0 Å². The van der Waals surface area contributed by atoms with Gasteiger partial charge in [-0.1, -0.05) is 6.07 Å². The number of nitrogens with one attached hydrogen (secondary N) is 1. The molecule has 2 aliphatic rings. The second-order valence-corrected chi connectivity index (χ2v) is 4.41. The molecule has 0 bridgehead atoms. The van der Waals surface area contributed by atoms with E-state index in [2.05, 4.69) is 11.4 Å². The van der Waals surface area contributed by atoms with Gasteiger partial charge in [0.05, 0.1) is 0 Å². The van der Waals surface area contributed by atoms with E-state index in [1.807, 2.05) is 6.07 Å². The quantitative estimate of drug-likeness (QED) is 0.682. The number of hydrogen-bond donors (Lipinski definition) is 2. The van der Waals surface area contributed by atoms with Gasteiger partial charge >= 0.3 is 0 Å². The predicted molar refractivity (Wildman–Crippen MR) is 58.1 cm³/mol. The molecule has 3 heteroatoms. The predicted octanol–water partition coefficient (Wildman–Crippen LogP) is 1.50. The van der Waals surface area contributed by atoms with Crippen LogP contribution < -0.4 is 5.32 Å². The van der Waals surface area contributed by atoms with Crippen molar-refractivity contribution in [3.05, 3.63) is 29.3 Å². The Balaban J connectivity index is 0.000000750. The van der Waals surface area contributed by atoms with Crippen LogP contribution in [0.5, 0.6) is 5.75 Å². The number of benzene rings is 1. The Morgan fingerprint density at radius 3 is 2.50 bits per heavy atom. The second-order valence-electron chi connectivity index (χ2n) is 4.41. The zero-order valence-electron chi connectivity index (χ0n) is 7.92. The Morgan fingerprint density at radius 1 is 1.14 bits per heavy atom. The lowest BCUT2D eigenvalue weighted by atomic mass is 9.79. The van der Waals surface area contributed by atoms with Crippen molar-refractivity contribution in [2.45, 2.75) is 12.8 Å². The van der Waals surface area contributed by atoms with Crippen LogP contribution in [0.2, 0.25) is 0 Å². The van der Waals surface area contributed by atoms with E-state index in [9.17, 15) is 5.11 Å². The molecule has 76 valence electrons. The highest BCUT2D eigenvalue weighted by Crippen LogP contribution is 2.40. The van der Waals surface area contributed by atoms with Crippen LogP contribution in [0.1, 0.15) is 11.1 Å². The minimum Gasteiger partial charge on any atom is -0.508 e. The number of hydrogen-bond acceptors (Lipinski definition) is 2. The molecule has 1 fully saturated rings. The Hall–Kier alpha value is -0.730. The number of phenolic OH excluding ortho intramolecular Hbond substituents is 1. The van der Waals surface area contributed by atoms with Crippen LogP contribution in [0.3, 0.4) is 0 Å². The van der Waals surface area contributed by atoms with E-state index in [0.717, 1.165) is 19.5 Å². The third-order valence-corrected chi connectivity index (χ3v) is 3.32. The summed E-state index contributed by atoms with van der Waals surface area (Å²) in [5, 5.41) is 12.7. The molecule has 2 nitrogen and oxygen atoms in total. The first-order valence-corrected chi connectivity index (χ1v) is 4.79. The molecule has 1 aliphatic carbocycles. The van der Waals surface area contributed by atoms with Gasteiger partial charge in [-0.15, -0.1) is 12.4 Å². The fourth-order valence-corrected chi connectivity index (χ4v) is 2.55. The number of aromatic hydroxyl groups is 1. The third kappa shape index (κ3) is 1.30. The van der Waals surface area contributed by atoms with Gasteiger partial charge in [-0.3, -0.25) is 0 Å². The standard InChI is InChI=1S/C11H13NO.ClH/c13-10-2-1-8-4-11(6-12-7-11)5-9(8)3-10;/h1-3,12-13H,4-7H2;1H. The summed E-state index contributed by atoms with van der Waals surface area (Å²) in [6.07, 6.45) is 2.33. The number of phenols is 1. The van der Waals surface area contributed by atoms with E-state index in [-0.39, 0.29) is 12.4 Å². The molecule has 1 aromatic carbocycles. The first-order chi connectivity index (χ1) is 6.27. The SMILES string of the molecule is Cl.Oc1ccc2c(c1)CC1(CNC1)C2. The highest BCUT2D eigenvalue weighted by atomic mass is 35.5. The highest BCUT2D eigenvalue weighted by molar-refractivity contribution is 5.85. The lowest BCUT2D eigenvalue weighted by Crippen LogP contribution is -2.53. The van der Waals surface area contributed by atoms with E-state index in [4.69, 9.17) is 0 Å². The summed E-state index contributed by atoms with van der Waals surface area (Å²) in [5.41, 5.74) is 3.27. The summed E-state index contributed by atoms with van der Waals surface area (Å²) in [4.78, 5) is 0.